The number of methoxy groups -OCH3 is 1. The number of benzene rings is 2. The van der Waals surface area contributed by atoms with Crippen molar-refractivity contribution in [1.82, 2.24) is 14.8 Å². The van der Waals surface area contributed by atoms with Gasteiger partial charge in [-0.1, -0.05) is 35.9 Å². The molecule has 4 aromatic rings. The lowest BCUT2D eigenvalue weighted by molar-refractivity contribution is -0.116. The average Bonchev–Trinajstić information content (AvgIpc) is 3.22. The molecule has 1 amide bonds. The van der Waals surface area contributed by atoms with Crippen molar-refractivity contribution in [2.75, 3.05) is 19.0 Å². The fourth-order valence-electron chi connectivity index (χ4n) is 3.38. The lowest BCUT2D eigenvalue weighted by Crippen LogP contribution is -2.18. The zero-order valence-corrected chi connectivity index (χ0v) is 18.8. The molecule has 0 saturated heterocycles. The van der Waals surface area contributed by atoms with Gasteiger partial charge in [0.25, 0.3) is 0 Å². The number of nitrogens with one attached hydrogen (secondary N) is 1. The molecule has 0 aliphatic rings. The Morgan fingerprint density at radius 2 is 2.00 bits per heavy atom. The van der Waals surface area contributed by atoms with E-state index in [2.05, 4.69) is 21.5 Å². The van der Waals surface area contributed by atoms with Gasteiger partial charge in [-0.05, 0) is 36.8 Å². The predicted octanol–water partition coefficient (Wildman–Crippen LogP) is 4.67. The van der Waals surface area contributed by atoms with Crippen LogP contribution in [0.15, 0.2) is 54.7 Å². The predicted molar refractivity (Wildman–Crippen MR) is 125 cm³/mol. The summed E-state index contributed by atoms with van der Waals surface area (Å²) in [6.07, 6.45) is 1.44. The van der Waals surface area contributed by atoms with E-state index in [0.717, 1.165) is 10.9 Å². The molecule has 33 heavy (non-hydrogen) atoms. The molecule has 2 aromatic heterocycles. The Morgan fingerprint density at radius 3 is 2.76 bits per heavy atom. The molecule has 8 nitrogen and oxygen atoms in total. The van der Waals surface area contributed by atoms with Crippen LogP contribution in [0.3, 0.4) is 0 Å². The Kier molecular flexibility index (Phi) is 6.43. The maximum Gasteiger partial charge on any atom is 0.228 e. The topological polar surface area (TPSA) is 102 Å². The number of rotatable bonds is 7. The van der Waals surface area contributed by atoms with E-state index in [1.165, 1.54) is 10.9 Å². The van der Waals surface area contributed by atoms with Crippen molar-refractivity contribution in [1.29, 1.82) is 5.26 Å². The third kappa shape index (κ3) is 4.59. The molecule has 2 heterocycles. The number of halogens is 1. The van der Waals surface area contributed by atoms with E-state index in [4.69, 9.17) is 21.1 Å². The monoisotopic (exact) mass is 461 g/mol. The molecule has 166 valence electrons. The number of carbonyl (C=O) groups is 1. The Hall–Kier alpha value is -4.09. The summed E-state index contributed by atoms with van der Waals surface area (Å²) in [5.41, 5.74) is 1.83. The van der Waals surface area contributed by atoms with Gasteiger partial charge in [-0.15, -0.1) is 0 Å². The van der Waals surface area contributed by atoms with Crippen molar-refractivity contribution in [3.63, 3.8) is 0 Å². The number of anilines is 1. The molecule has 9 heteroatoms. The van der Waals surface area contributed by atoms with Gasteiger partial charge in [-0.2, -0.15) is 15.0 Å². The van der Waals surface area contributed by atoms with Gasteiger partial charge in [0.05, 0.1) is 31.4 Å². The zero-order valence-electron chi connectivity index (χ0n) is 18.0. The lowest BCUT2D eigenvalue weighted by Gasteiger charge is -2.13. The molecule has 2 aromatic carbocycles. The Morgan fingerprint density at radius 1 is 1.21 bits per heavy atom. The second-order valence-electron chi connectivity index (χ2n) is 7.16. The van der Waals surface area contributed by atoms with Gasteiger partial charge in [0.1, 0.15) is 28.6 Å². The Bertz CT molecular complexity index is 1380. The number of aryl methyl sites for hydroxylation is 1. The summed E-state index contributed by atoms with van der Waals surface area (Å²) in [7, 11) is 1.58. The minimum Gasteiger partial charge on any atom is -0.494 e. The SMILES string of the molecule is COc1cccc2c(C)cc(-n3ncc(C#N)c3NC(=O)CCOc3ccccc3Cl)nc12. The van der Waals surface area contributed by atoms with Crippen LogP contribution in [0.25, 0.3) is 16.7 Å². The van der Waals surface area contributed by atoms with E-state index < -0.39 is 0 Å². The number of amides is 1. The van der Waals surface area contributed by atoms with E-state index in [9.17, 15) is 10.1 Å². The van der Waals surface area contributed by atoms with Gasteiger partial charge in [-0.25, -0.2) is 4.98 Å². The maximum absolute atomic E-state index is 12.6. The largest absolute Gasteiger partial charge is 0.494 e. The number of aromatic nitrogens is 3. The molecule has 0 aliphatic carbocycles. The Balaban J connectivity index is 1.59. The maximum atomic E-state index is 12.6. The lowest BCUT2D eigenvalue weighted by atomic mass is 10.1. The first-order valence-corrected chi connectivity index (χ1v) is 10.5. The smallest absolute Gasteiger partial charge is 0.228 e. The van der Waals surface area contributed by atoms with Crippen LogP contribution >= 0.6 is 11.6 Å². The van der Waals surface area contributed by atoms with Crippen LogP contribution in [-0.2, 0) is 4.79 Å². The van der Waals surface area contributed by atoms with Crippen LogP contribution in [0, 0.1) is 18.3 Å². The summed E-state index contributed by atoms with van der Waals surface area (Å²) in [6.45, 7) is 2.07. The van der Waals surface area contributed by atoms with Crippen molar-refractivity contribution in [3.05, 3.63) is 70.9 Å². The van der Waals surface area contributed by atoms with Gasteiger partial charge in [0.2, 0.25) is 5.91 Å². The summed E-state index contributed by atoms with van der Waals surface area (Å²) in [4.78, 5) is 17.3. The van der Waals surface area contributed by atoms with Crippen LogP contribution in [-0.4, -0.2) is 34.4 Å². The number of hydrogen-bond acceptors (Lipinski definition) is 6. The van der Waals surface area contributed by atoms with E-state index >= 15 is 0 Å². The normalized spacial score (nSPS) is 10.6. The van der Waals surface area contributed by atoms with E-state index in [-0.39, 0.29) is 30.3 Å². The third-order valence-corrected chi connectivity index (χ3v) is 5.32. The van der Waals surface area contributed by atoms with Gasteiger partial charge in [0, 0.05) is 5.39 Å². The first-order valence-electron chi connectivity index (χ1n) is 10.1. The Labute approximate surface area is 195 Å². The summed E-state index contributed by atoms with van der Waals surface area (Å²) < 4.78 is 12.5. The minimum atomic E-state index is -0.338. The number of fused-ring (bicyclic) bond motifs is 1. The third-order valence-electron chi connectivity index (χ3n) is 5.00. The van der Waals surface area contributed by atoms with Gasteiger partial charge in [-0.3, -0.25) is 4.79 Å². The fraction of sp³-hybridized carbons (Fsp3) is 0.167. The molecule has 0 fully saturated rings. The number of para-hydroxylation sites is 2. The quantitative estimate of drug-likeness (QED) is 0.429. The molecule has 0 bridgehead atoms. The highest BCUT2D eigenvalue weighted by Crippen LogP contribution is 2.29. The van der Waals surface area contributed by atoms with Crippen molar-refractivity contribution < 1.29 is 14.3 Å². The second-order valence-corrected chi connectivity index (χ2v) is 7.57. The number of ether oxygens (including phenoxy) is 2. The highest BCUT2D eigenvalue weighted by molar-refractivity contribution is 6.32. The van der Waals surface area contributed by atoms with Crippen LogP contribution in [0.1, 0.15) is 17.5 Å². The molecular formula is C24H20ClN5O3. The molecule has 0 spiro atoms. The number of nitrogens with zero attached hydrogens (tertiary/aromatic N) is 4. The van der Waals surface area contributed by atoms with E-state index in [0.29, 0.717) is 27.9 Å². The van der Waals surface area contributed by atoms with Crippen LogP contribution < -0.4 is 14.8 Å². The molecule has 1 N–H and O–H groups in total. The minimum absolute atomic E-state index is 0.0548. The van der Waals surface area contributed by atoms with Crippen LogP contribution in [0.2, 0.25) is 5.02 Å². The van der Waals surface area contributed by atoms with Crippen LogP contribution in [0.4, 0.5) is 5.82 Å². The number of hydrogen-bond donors (Lipinski definition) is 1. The number of carbonyl (C=O) groups excluding carboxylic acids is 1. The fourth-order valence-corrected chi connectivity index (χ4v) is 3.57. The first-order chi connectivity index (χ1) is 16.0. The summed E-state index contributed by atoms with van der Waals surface area (Å²) >= 11 is 6.07. The molecule has 4 rings (SSSR count). The van der Waals surface area contributed by atoms with E-state index in [1.54, 1.807) is 31.4 Å². The summed E-state index contributed by atoms with van der Waals surface area (Å²) in [5.74, 6) is 1.47. The first kappa shape index (κ1) is 22.1. The summed E-state index contributed by atoms with van der Waals surface area (Å²) in [6, 6.07) is 16.6. The van der Waals surface area contributed by atoms with Gasteiger partial charge in [0.15, 0.2) is 11.6 Å². The van der Waals surface area contributed by atoms with Crippen LogP contribution in [0.5, 0.6) is 11.5 Å². The molecule has 0 unspecified atom stereocenters. The zero-order chi connectivity index (χ0) is 23.4. The molecule has 0 radical (unpaired) electrons. The molecule has 0 atom stereocenters. The second kappa shape index (κ2) is 9.59. The number of pyridine rings is 1. The van der Waals surface area contributed by atoms with E-state index in [1.807, 2.05) is 31.2 Å². The van der Waals surface area contributed by atoms with Gasteiger partial charge >= 0.3 is 0 Å². The van der Waals surface area contributed by atoms with Crippen molar-refractivity contribution in [2.45, 2.75) is 13.3 Å². The van der Waals surface area contributed by atoms with Crippen molar-refractivity contribution >= 4 is 34.2 Å². The number of nitriles is 1. The summed E-state index contributed by atoms with van der Waals surface area (Å²) in [5, 5.41) is 18.0. The van der Waals surface area contributed by atoms with Gasteiger partial charge < -0.3 is 14.8 Å². The van der Waals surface area contributed by atoms with Crippen molar-refractivity contribution in [3.8, 4) is 23.4 Å². The molecule has 0 saturated carbocycles. The standard InChI is InChI=1S/C24H20ClN5O3/c1-15-12-21(28-23-17(15)6-5-9-20(23)32-2)30-24(16(13-26)14-27-30)29-22(31)10-11-33-19-8-4-3-7-18(19)25/h3-9,12,14H,10-11H2,1-2H3,(H,29,31). The highest BCUT2D eigenvalue weighted by atomic mass is 35.5. The molecule has 0 aliphatic heterocycles. The van der Waals surface area contributed by atoms with Crippen molar-refractivity contribution in [2.24, 2.45) is 0 Å². The molecular weight excluding hydrogens is 442 g/mol. The highest BCUT2D eigenvalue weighted by Gasteiger charge is 2.18. The average molecular weight is 462 g/mol.